The van der Waals surface area contributed by atoms with Gasteiger partial charge in [0, 0.05) is 6.42 Å². The number of carbonyl (C=O) groups is 2. The topological polar surface area (TPSA) is 124 Å². The predicted octanol–water partition coefficient (Wildman–Crippen LogP) is 4.40. The Labute approximate surface area is 213 Å². The first-order valence-electron chi connectivity index (χ1n) is 11.9. The first kappa shape index (κ1) is 25.4. The molecule has 0 atom stereocenters. The summed E-state index contributed by atoms with van der Waals surface area (Å²) < 4.78 is 8.55. The van der Waals surface area contributed by atoms with Crippen LogP contribution in [0, 0.1) is 0 Å². The molecule has 4 aromatic rings. The standard InChI is InChI=1S/C28H27N3O6/c1-2-3-8-25-29-31(24-7-5-4-6-23(24)27(34)35)28(36)30(25)17-19-11-15-22(16-12-19)37-18-20-9-13-21(14-10-20)26(32)33/h4-7,9-16H,2-3,8,17-18H2,1H3,(H,32,33)(H,34,35). The lowest BCUT2D eigenvalue weighted by Gasteiger charge is -2.09. The van der Waals surface area contributed by atoms with E-state index < -0.39 is 17.6 Å². The molecule has 0 unspecified atom stereocenters. The van der Waals surface area contributed by atoms with Gasteiger partial charge in [0.1, 0.15) is 18.2 Å². The van der Waals surface area contributed by atoms with Crippen molar-refractivity contribution >= 4 is 11.9 Å². The highest BCUT2D eigenvalue weighted by Gasteiger charge is 2.19. The van der Waals surface area contributed by atoms with Crippen molar-refractivity contribution in [3.8, 4) is 11.4 Å². The Morgan fingerprint density at radius 1 is 0.892 bits per heavy atom. The van der Waals surface area contributed by atoms with Gasteiger partial charge in [0.05, 0.1) is 23.4 Å². The smallest absolute Gasteiger partial charge is 0.351 e. The summed E-state index contributed by atoms with van der Waals surface area (Å²) in [6.07, 6.45) is 2.37. The fourth-order valence-corrected chi connectivity index (χ4v) is 3.90. The molecule has 0 spiro atoms. The molecule has 0 fully saturated rings. The Bertz CT molecular complexity index is 1450. The fourth-order valence-electron chi connectivity index (χ4n) is 3.90. The Morgan fingerprint density at radius 2 is 1.57 bits per heavy atom. The van der Waals surface area contributed by atoms with Crippen molar-refractivity contribution in [1.82, 2.24) is 14.3 Å². The molecule has 0 aliphatic rings. The molecule has 9 nitrogen and oxygen atoms in total. The van der Waals surface area contributed by atoms with E-state index in [1.807, 2.05) is 24.3 Å². The molecule has 3 aromatic carbocycles. The van der Waals surface area contributed by atoms with Crippen LogP contribution < -0.4 is 10.4 Å². The summed E-state index contributed by atoms with van der Waals surface area (Å²) in [4.78, 5) is 36.0. The highest BCUT2D eigenvalue weighted by Crippen LogP contribution is 2.17. The van der Waals surface area contributed by atoms with Gasteiger partial charge in [-0.2, -0.15) is 4.68 Å². The zero-order valence-corrected chi connectivity index (χ0v) is 20.3. The lowest BCUT2D eigenvalue weighted by molar-refractivity contribution is 0.0686. The van der Waals surface area contributed by atoms with E-state index in [1.54, 1.807) is 34.9 Å². The van der Waals surface area contributed by atoms with Crippen LogP contribution in [0.5, 0.6) is 5.75 Å². The number of unbranched alkanes of at least 4 members (excludes halogenated alkanes) is 1. The third kappa shape index (κ3) is 5.95. The minimum absolute atomic E-state index is 0.00962. The molecule has 0 saturated carbocycles. The number of nitrogens with zero attached hydrogens (tertiary/aromatic N) is 3. The van der Waals surface area contributed by atoms with Gasteiger partial charge in [0.2, 0.25) is 0 Å². The second-order valence-electron chi connectivity index (χ2n) is 8.56. The molecule has 37 heavy (non-hydrogen) atoms. The van der Waals surface area contributed by atoms with Crippen molar-refractivity contribution in [2.24, 2.45) is 0 Å². The zero-order chi connectivity index (χ0) is 26.4. The van der Waals surface area contributed by atoms with Gasteiger partial charge in [-0.15, -0.1) is 5.10 Å². The van der Waals surface area contributed by atoms with E-state index in [0.717, 1.165) is 24.0 Å². The Morgan fingerprint density at radius 3 is 2.22 bits per heavy atom. The minimum atomic E-state index is -1.12. The normalized spacial score (nSPS) is 10.8. The van der Waals surface area contributed by atoms with E-state index in [4.69, 9.17) is 9.84 Å². The van der Waals surface area contributed by atoms with E-state index in [-0.39, 0.29) is 30.0 Å². The number of carboxylic acid groups (broad SMARTS) is 2. The Kier molecular flexibility index (Phi) is 7.83. The molecule has 190 valence electrons. The molecule has 0 aliphatic carbocycles. The second kappa shape index (κ2) is 11.4. The maximum Gasteiger partial charge on any atom is 0.351 e. The molecule has 0 amide bonds. The van der Waals surface area contributed by atoms with Crippen molar-refractivity contribution in [3.63, 3.8) is 0 Å². The molecule has 9 heteroatoms. The maximum absolute atomic E-state index is 13.3. The Hall–Kier alpha value is -4.66. The number of benzene rings is 3. The molecular weight excluding hydrogens is 474 g/mol. The Balaban J connectivity index is 1.53. The molecule has 0 aliphatic heterocycles. The van der Waals surface area contributed by atoms with Crippen LogP contribution in [0.3, 0.4) is 0 Å². The van der Waals surface area contributed by atoms with Gasteiger partial charge in [-0.25, -0.2) is 14.4 Å². The van der Waals surface area contributed by atoms with Crippen LogP contribution in [0.15, 0.2) is 77.6 Å². The number of para-hydroxylation sites is 1. The van der Waals surface area contributed by atoms with Gasteiger partial charge in [0.25, 0.3) is 0 Å². The van der Waals surface area contributed by atoms with Crippen molar-refractivity contribution in [2.75, 3.05) is 0 Å². The predicted molar refractivity (Wildman–Crippen MR) is 137 cm³/mol. The summed E-state index contributed by atoms with van der Waals surface area (Å²) in [5, 5.41) is 23.1. The maximum atomic E-state index is 13.3. The van der Waals surface area contributed by atoms with Gasteiger partial charge in [-0.05, 0) is 53.9 Å². The van der Waals surface area contributed by atoms with Gasteiger partial charge >= 0.3 is 17.6 Å². The average Bonchev–Trinajstić information content (AvgIpc) is 3.21. The molecule has 4 rings (SSSR count). The average molecular weight is 502 g/mol. The lowest BCUT2D eigenvalue weighted by atomic mass is 10.1. The highest BCUT2D eigenvalue weighted by atomic mass is 16.5. The van der Waals surface area contributed by atoms with Gasteiger partial charge in [-0.3, -0.25) is 4.57 Å². The largest absolute Gasteiger partial charge is 0.489 e. The van der Waals surface area contributed by atoms with Crippen LogP contribution >= 0.6 is 0 Å². The van der Waals surface area contributed by atoms with Gasteiger partial charge in [-0.1, -0.05) is 49.7 Å². The summed E-state index contributed by atoms with van der Waals surface area (Å²) in [5.41, 5.74) is 1.77. The highest BCUT2D eigenvalue weighted by molar-refractivity contribution is 5.91. The molecule has 0 radical (unpaired) electrons. The molecule has 0 saturated heterocycles. The van der Waals surface area contributed by atoms with Gasteiger partial charge in [0.15, 0.2) is 0 Å². The van der Waals surface area contributed by atoms with Crippen LogP contribution in [0.25, 0.3) is 5.69 Å². The lowest BCUT2D eigenvalue weighted by Crippen LogP contribution is -2.26. The summed E-state index contributed by atoms with van der Waals surface area (Å²) in [6, 6.07) is 20.2. The number of ether oxygens (including phenoxy) is 1. The van der Waals surface area contributed by atoms with Gasteiger partial charge < -0.3 is 14.9 Å². The first-order valence-corrected chi connectivity index (χ1v) is 11.9. The number of hydrogen-bond donors (Lipinski definition) is 2. The molecule has 1 aromatic heterocycles. The van der Waals surface area contributed by atoms with Crippen LogP contribution in [-0.2, 0) is 19.6 Å². The van der Waals surface area contributed by atoms with Crippen LogP contribution in [0.1, 0.15) is 57.4 Å². The SMILES string of the molecule is CCCCc1nn(-c2ccccc2C(=O)O)c(=O)n1Cc1ccc(OCc2ccc(C(=O)O)cc2)cc1. The van der Waals surface area contributed by atoms with Crippen LogP contribution in [0.4, 0.5) is 0 Å². The minimum Gasteiger partial charge on any atom is -0.489 e. The third-order valence-corrected chi connectivity index (χ3v) is 5.93. The van der Waals surface area contributed by atoms with Crippen LogP contribution in [0.2, 0.25) is 0 Å². The molecule has 0 bridgehead atoms. The number of carboxylic acids is 2. The van der Waals surface area contributed by atoms with Crippen LogP contribution in [-0.4, -0.2) is 36.5 Å². The molecular formula is C28H27N3O6. The summed E-state index contributed by atoms with van der Waals surface area (Å²) >= 11 is 0. The summed E-state index contributed by atoms with van der Waals surface area (Å²) in [5.74, 6) is -0.870. The first-order chi connectivity index (χ1) is 17.9. The molecule has 2 N–H and O–H groups in total. The zero-order valence-electron chi connectivity index (χ0n) is 20.3. The van der Waals surface area contributed by atoms with Crippen molar-refractivity contribution < 1.29 is 24.5 Å². The van der Waals surface area contributed by atoms with Crippen molar-refractivity contribution in [2.45, 2.75) is 39.3 Å². The fraction of sp³-hybridized carbons (Fsp3) is 0.214. The summed E-state index contributed by atoms with van der Waals surface area (Å²) in [7, 11) is 0. The third-order valence-electron chi connectivity index (χ3n) is 5.93. The molecule has 1 heterocycles. The van der Waals surface area contributed by atoms with E-state index in [9.17, 15) is 19.5 Å². The number of rotatable bonds is 11. The number of aryl methyl sites for hydroxylation is 1. The second-order valence-corrected chi connectivity index (χ2v) is 8.56. The van der Waals surface area contributed by atoms with E-state index in [2.05, 4.69) is 12.0 Å². The quantitative estimate of drug-likeness (QED) is 0.312. The van der Waals surface area contributed by atoms with E-state index in [1.165, 1.54) is 22.9 Å². The van der Waals surface area contributed by atoms with Crippen molar-refractivity contribution in [3.05, 3.63) is 111 Å². The monoisotopic (exact) mass is 501 g/mol. The summed E-state index contributed by atoms with van der Waals surface area (Å²) in [6.45, 7) is 2.62. The number of aromatic nitrogens is 3. The number of aromatic carboxylic acids is 2. The number of hydrogen-bond acceptors (Lipinski definition) is 5. The van der Waals surface area contributed by atoms with E-state index >= 15 is 0 Å². The van der Waals surface area contributed by atoms with Crippen molar-refractivity contribution in [1.29, 1.82) is 0 Å². The van der Waals surface area contributed by atoms with E-state index in [0.29, 0.717) is 18.0 Å².